The van der Waals surface area contributed by atoms with Gasteiger partial charge in [0.1, 0.15) is 12.6 Å². The minimum Gasteiger partial charge on any atom is -0.465 e. The van der Waals surface area contributed by atoms with Crippen molar-refractivity contribution in [2.75, 3.05) is 18.1 Å². The van der Waals surface area contributed by atoms with Crippen LogP contribution >= 0.6 is 11.8 Å². The lowest BCUT2D eigenvalue weighted by Gasteiger charge is -2.24. The zero-order valence-electron chi connectivity index (χ0n) is 13.9. The van der Waals surface area contributed by atoms with Crippen LogP contribution in [0.15, 0.2) is 59.5 Å². The van der Waals surface area contributed by atoms with Crippen molar-refractivity contribution in [1.82, 2.24) is 0 Å². The van der Waals surface area contributed by atoms with Crippen molar-refractivity contribution in [2.45, 2.75) is 23.1 Å². The van der Waals surface area contributed by atoms with E-state index in [-0.39, 0.29) is 24.3 Å². The van der Waals surface area contributed by atoms with Gasteiger partial charge in [-0.25, -0.2) is 0 Å². The number of para-hydroxylation sites is 1. The van der Waals surface area contributed by atoms with Gasteiger partial charge in [-0.1, -0.05) is 42.5 Å². The molecule has 0 unspecified atom stereocenters. The van der Waals surface area contributed by atoms with Crippen LogP contribution in [-0.2, 0) is 14.3 Å². The van der Waals surface area contributed by atoms with E-state index in [0.29, 0.717) is 5.69 Å². The van der Waals surface area contributed by atoms with E-state index in [9.17, 15) is 9.59 Å². The molecule has 1 amide bonds. The predicted molar refractivity (Wildman–Crippen MR) is 98.4 cm³/mol. The Morgan fingerprint density at radius 3 is 2.56 bits per heavy atom. The number of ether oxygens (including phenoxy) is 1. The lowest BCUT2D eigenvalue weighted by atomic mass is 10.0. The quantitative estimate of drug-likeness (QED) is 0.853. The molecule has 0 bridgehead atoms. The summed E-state index contributed by atoms with van der Waals surface area (Å²) in [5.74, 6) is -0.722. The highest BCUT2D eigenvalue weighted by Gasteiger charge is 2.36. The van der Waals surface area contributed by atoms with Gasteiger partial charge >= 0.3 is 5.97 Å². The van der Waals surface area contributed by atoms with Crippen LogP contribution in [0, 0.1) is 0 Å². The van der Waals surface area contributed by atoms with Crippen molar-refractivity contribution in [3.63, 3.8) is 0 Å². The Morgan fingerprint density at radius 1 is 1.16 bits per heavy atom. The average Bonchev–Trinajstić information content (AvgIpc) is 2.73. The molecule has 6 heteroatoms. The summed E-state index contributed by atoms with van der Waals surface area (Å²) in [5, 5.41) is -0.220. The molecule has 3 rings (SSSR count). The Bertz CT molecular complexity index is 766. The third-order valence-corrected chi connectivity index (χ3v) is 5.43. The molecular weight excluding hydrogens is 336 g/mol. The van der Waals surface area contributed by atoms with Gasteiger partial charge in [0.2, 0.25) is 5.91 Å². The first-order valence-electron chi connectivity index (χ1n) is 8.15. The minimum atomic E-state index is -0.755. The van der Waals surface area contributed by atoms with E-state index in [1.165, 1.54) is 4.90 Å². The Morgan fingerprint density at radius 2 is 1.84 bits per heavy atom. The molecule has 5 nitrogen and oxygen atoms in total. The third kappa shape index (κ3) is 3.70. The van der Waals surface area contributed by atoms with Crippen LogP contribution < -0.4 is 10.6 Å². The second-order valence-electron chi connectivity index (χ2n) is 5.67. The molecule has 0 saturated carbocycles. The first-order chi connectivity index (χ1) is 12.1. The number of thioether (sulfide) groups is 1. The van der Waals surface area contributed by atoms with Crippen molar-refractivity contribution in [1.29, 1.82) is 0 Å². The van der Waals surface area contributed by atoms with E-state index in [0.717, 1.165) is 10.5 Å². The molecule has 1 aliphatic heterocycles. The van der Waals surface area contributed by atoms with E-state index < -0.39 is 12.0 Å². The Balaban J connectivity index is 2.00. The Hall–Kier alpha value is -2.31. The van der Waals surface area contributed by atoms with Crippen LogP contribution in [-0.4, -0.2) is 31.1 Å². The second-order valence-corrected chi connectivity index (χ2v) is 6.86. The minimum absolute atomic E-state index is 0.139. The largest absolute Gasteiger partial charge is 0.465 e. The maximum atomic E-state index is 13.0. The van der Waals surface area contributed by atoms with Crippen molar-refractivity contribution in [3.8, 4) is 0 Å². The highest BCUT2D eigenvalue weighted by atomic mass is 32.2. The molecule has 0 saturated heterocycles. The summed E-state index contributed by atoms with van der Waals surface area (Å²) in [7, 11) is 0. The fourth-order valence-corrected chi connectivity index (χ4v) is 4.12. The third-order valence-electron chi connectivity index (χ3n) is 4.01. The summed E-state index contributed by atoms with van der Waals surface area (Å²) in [5.41, 5.74) is 7.99. The number of nitrogens with two attached hydrogens (primary N) is 1. The first kappa shape index (κ1) is 17.5. The van der Waals surface area contributed by atoms with Crippen LogP contribution in [0.5, 0.6) is 0 Å². The number of carbonyl (C=O) groups excluding carboxylic acids is 2. The molecule has 0 aliphatic carbocycles. The van der Waals surface area contributed by atoms with Gasteiger partial charge in [0, 0.05) is 4.90 Å². The number of esters is 1. The molecule has 2 aromatic rings. The van der Waals surface area contributed by atoms with Gasteiger partial charge in [-0.2, -0.15) is 0 Å². The number of fused-ring (bicyclic) bond motifs is 1. The fraction of sp³-hybridized carbons (Fsp3) is 0.263. The van der Waals surface area contributed by atoms with Gasteiger partial charge in [-0.15, -0.1) is 11.8 Å². The summed E-state index contributed by atoms with van der Waals surface area (Å²) >= 11 is 1.55. The lowest BCUT2D eigenvalue weighted by Crippen LogP contribution is -2.47. The zero-order chi connectivity index (χ0) is 17.8. The van der Waals surface area contributed by atoms with Crippen molar-refractivity contribution < 1.29 is 14.3 Å². The number of amides is 1. The lowest BCUT2D eigenvalue weighted by molar-refractivity contribution is -0.142. The number of anilines is 1. The highest BCUT2D eigenvalue weighted by molar-refractivity contribution is 7.99. The molecule has 0 fully saturated rings. The smallest absolute Gasteiger partial charge is 0.326 e. The fourth-order valence-electron chi connectivity index (χ4n) is 2.83. The average molecular weight is 356 g/mol. The normalized spacial score (nSPS) is 19.9. The summed E-state index contributed by atoms with van der Waals surface area (Å²) in [6.07, 6.45) is 0. The van der Waals surface area contributed by atoms with Crippen LogP contribution in [0.25, 0.3) is 0 Å². The van der Waals surface area contributed by atoms with Gasteiger partial charge in [-0.3, -0.25) is 14.5 Å². The molecule has 0 spiro atoms. The van der Waals surface area contributed by atoms with E-state index in [1.807, 2.05) is 54.6 Å². The molecule has 25 heavy (non-hydrogen) atoms. The first-order valence-corrected chi connectivity index (χ1v) is 9.03. The number of hydrogen-bond donors (Lipinski definition) is 1. The van der Waals surface area contributed by atoms with E-state index in [1.54, 1.807) is 18.7 Å². The summed E-state index contributed by atoms with van der Waals surface area (Å²) in [6.45, 7) is 1.87. The molecule has 2 N–H and O–H groups in total. The topological polar surface area (TPSA) is 72.6 Å². The second kappa shape index (κ2) is 7.72. The summed E-state index contributed by atoms with van der Waals surface area (Å²) in [6, 6.07) is 16.5. The van der Waals surface area contributed by atoms with Crippen molar-refractivity contribution in [3.05, 3.63) is 60.2 Å². The predicted octanol–water partition coefficient (Wildman–Crippen LogP) is 2.76. The number of hydrogen-bond acceptors (Lipinski definition) is 5. The molecule has 0 radical (unpaired) electrons. The van der Waals surface area contributed by atoms with E-state index in [4.69, 9.17) is 10.5 Å². The van der Waals surface area contributed by atoms with E-state index >= 15 is 0 Å². The standard InChI is InChI=1S/C19H20N2O3S/c1-2-24-16(22)12-21-14-10-6-7-11-15(14)25-18(17(20)19(21)23)13-8-4-3-5-9-13/h3-11,17-18H,2,12,20H2,1H3/t17-,18+/m1/s1. The summed E-state index contributed by atoms with van der Waals surface area (Å²) in [4.78, 5) is 27.3. The van der Waals surface area contributed by atoms with Gasteiger partial charge in [0.25, 0.3) is 0 Å². The molecule has 130 valence electrons. The molecule has 0 aromatic heterocycles. The number of carbonyl (C=O) groups is 2. The van der Waals surface area contributed by atoms with Crippen LogP contribution in [0.2, 0.25) is 0 Å². The van der Waals surface area contributed by atoms with Gasteiger partial charge in [0.05, 0.1) is 17.5 Å². The Labute approximate surface area is 151 Å². The number of nitrogens with zero attached hydrogens (tertiary/aromatic N) is 1. The van der Waals surface area contributed by atoms with Crippen molar-refractivity contribution >= 4 is 29.3 Å². The summed E-state index contributed by atoms with van der Waals surface area (Å²) < 4.78 is 5.02. The SMILES string of the molecule is CCOC(=O)CN1C(=O)[C@H](N)[C@H](c2ccccc2)Sc2ccccc21. The maximum Gasteiger partial charge on any atom is 0.326 e. The van der Waals surface area contributed by atoms with Crippen molar-refractivity contribution in [2.24, 2.45) is 5.73 Å². The monoisotopic (exact) mass is 356 g/mol. The Kier molecular flexibility index (Phi) is 5.40. The molecular formula is C19H20N2O3S. The molecule has 2 atom stereocenters. The van der Waals surface area contributed by atoms with E-state index in [2.05, 4.69) is 0 Å². The zero-order valence-corrected chi connectivity index (χ0v) is 14.7. The highest BCUT2D eigenvalue weighted by Crippen LogP contribution is 2.44. The number of rotatable bonds is 4. The van der Waals surface area contributed by atoms with Crippen LogP contribution in [0.3, 0.4) is 0 Å². The van der Waals surface area contributed by atoms with Crippen LogP contribution in [0.1, 0.15) is 17.7 Å². The molecule has 1 heterocycles. The van der Waals surface area contributed by atoms with Gasteiger partial charge < -0.3 is 10.5 Å². The van der Waals surface area contributed by atoms with Gasteiger partial charge in [-0.05, 0) is 24.6 Å². The molecule has 2 aromatic carbocycles. The van der Waals surface area contributed by atoms with Gasteiger partial charge in [0.15, 0.2) is 0 Å². The molecule has 1 aliphatic rings. The van der Waals surface area contributed by atoms with Crippen LogP contribution in [0.4, 0.5) is 5.69 Å². The number of benzene rings is 2. The maximum absolute atomic E-state index is 13.0.